The zero-order valence-corrected chi connectivity index (χ0v) is 14.0. The summed E-state index contributed by atoms with van der Waals surface area (Å²) in [7, 11) is 1.55. The molecule has 21 heavy (non-hydrogen) atoms. The number of aromatic nitrogens is 1. The van der Waals surface area contributed by atoms with Gasteiger partial charge in [0.1, 0.15) is 5.75 Å². The van der Waals surface area contributed by atoms with Crippen molar-refractivity contribution in [2.45, 2.75) is 0 Å². The van der Waals surface area contributed by atoms with Gasteiger partial charge in [-0.05, 0) is 44.0 Å². The molecule has 4 N–H and O–H groups in total. The van der Waals surface area contributed by atoms with E-state index < -0.39 is 5.97 Å². The number of nitrogens with one attached hydrogen (secondary N) is 1. The number of methoxy groups -OCH3 is 1. The minimum Gasteiger partial charge on any atom is -0.495 e. The maximum Gasteiger partial charge on any atom is 0.337 e. The van der Waals surface area contributed by atoms with Gasteiger partial charge in [0.25, 0.3) is 0 Å². The molecule has 0 aliphatic carbocycles. The number of nitrogens with zero attached hydrogens (tertiary/aromatic N) is 1. The lowest BCUT2D eigenvalue weighted by Gasteiger charge is -2.13. The number of aromatic carboxylic acids is 1. The van der Waals surface area contributed by atoms with Crippen LogP contribution >= 0.6 is 31.9 Å². The minimum absolute atomic E-state index is 0.00676. The van der Waals surface area contributed by atoms with Gasteiger partial charge in [0.2, 0.25) is 0 Å². The number of hydrogen-bond acceptors (Lipinski definition) is 5. The van der Waals surface area contributed by atoms with Crippen molar-refractivity contribution in [3.63, 3.8) is 0 Å². The van der Waals surface area contributed by atoms with E-state index in [2.05, 4.69) is 42.2 Å². The van der Waals surface area contributed by atoms with Gasteiger partial charge >= 0.3 is 5.97 Å². The molecule has 110 valence electrons. The van der Waals surface area contributed by atoms with Gasteiger partial charge in [-0.15, -0.1) is 0 Å². The molecule has 0 fully saturated rings. The van der Waals surface area contributed by atoms with Crippen molar-refractivity contribution in [2.24, 2.45) is 0 Å². The number of ether oxygens (including phenoxy) is 1. The predicted molar refractivity (Wildman–Crippen MR) is 87.3 cm³/mol. The van der Waals surface area contributed by atoms with Crippen LogP contribution in [0.1, 0.15) is 10.4 Å². The molecule has 0 spiro atoms. The number of hydrogen-bond donors (Lipinski definition) is 3. The Hall–Kier alpha value is -1.80. The summed E-state index contributed by atoms with van der Waals surface area (Å²) >= 11 is 6.78. The molecule has 1 aromatic carbocycles. The second kappa shape index (κ2) is 6.31. The molecule has 0 amide bonds. The Kier molecular flexibility index (Phi) is 4.69. The quantitative estimate of drug-likeness (QED) is 0.703. The molecule has 6 nitrogen and oxygen atoms in total. The van der Waals surface area contributed by atoms with Gasteiger partial charge in [-0.2, -0.15) is 0 Å². The molecule has 2 rings (SSSR count). The van der Waals surface area contributed by atoms with Crippen LogP contribution in [0.4, 0.5) is 17.2 Å². The highest BCUT2D eigenvalue weighted by Crippen LogP contribution is 2.36. The van der Waals surface area contributed by atoms with Gasteiger partial charge in [-0.25, -0.2) is 9.78 Å². The average molecular weight is 417 g/mol. The fraction of sp³-hybridized carbons (Fsp3) is 0.0769. The topological polar surface area (TPSA) is 97.5 Å². The number of halogens is 2. The Bertz CT molecular complexity index is 707. The third kappa shape index (κ3) is 3.27. The van der Waals surface area contributed by atoms with E-state index in [4.69, 9.17) is 15.6 Å². The zero-order valence-electron chi connectivity index (χ0n) is 10.9. The standard InChI is InChI=1S/C13H11Br2N3O3/c1-21-10-5-9(7(14)4-8(10)15)18-12-11(16)6(13(19)20)2-3-17-12/h2-5H,16H2,1H3,(H,17,18)(H,19,20). The summed E-state index contributed by atoms with van der Waals surface area (Å²) < 4.78 is 6.74. The van der Waals surface area contributed by atoms with E-state index in [0.29, 0.717) is 11.4 Å². The molecular weight excluding hydrogens is 406 g/mol. The molecule has 0 aliphatic heterocycles. The monoisotopic (exact) mass is 415 g/mol. The molecule has 2 aromatic rings. The summed E-state index contributed by atoms with van der Waals surface area (Å²) in [6, 6.07) is 4.89. The van der Waals surface area contributed by atoms with Crippen LogP contribution in [-0.4, -0.2) is 23.2 Å². The fourth-order valence-electron chi connectivity index (χ4n) is 1.67. The lowest BCUT2D eigenvalue weighted by atomic mass is 10.2. The van der Waals surface area contributed by atoms with E-state index in [9.17, 15) is 4.79 Å². The van der Waals surface area contributed by atoms with E-state index >= 15 is 0 Å². The van der Waals surface area contributed by atoms with E-state index in [1.54, 1.807) is 19.2 Å². The molecular formula is C13H11Br2N3O3. The van der Waals surface area contributed by atoms with Crippen molar-refractivity contribution in [3.05, 3.63) is 38.9 Å². The van der Waals surface area contributed by atoms with Crippen LogP contribution in [0.2, 0.25) is 0 Å². The molecule has 0 bridgehead atoms. The Morgan fingerprint density at radius 3 is 2.71 bits per heavy atom. The highest BCUT2D eigenvalue weighted by molar-refractivity contribution is 9.11. The Morgan fingerprint density at radius 1 is 1.38 bits per heavy atom. The third-order valence-corrected chi connectivity index (χ3v) is 3.99. The summed E-state index contributed by atoms with van der Waals surface area (Å²) in [4.78, 5) is 15.1. The van der Waals surface area contributed by atoms with Crippen LogP contribution in [0.15, 0.2) is 33.3 Å². The number of nitrogens with two attached hydrogens (primary N) is 1. The normalized spacial score (nSPS) is 10.2. The highest BCUT2D eigenvalue weighted by Gasteiger charge is 2.14. The first-order valence-electron chi connectivity index (χ1n) is 5.72. The van der Waals surface area contributed by atoms with Crippen LogP contribution in [0.3, 0.4) is 0 Å². The maximum atomic E-state index is 11.1. The Labute approximate surface area is 137 Å². The van der Waals surface area contributed by atoms with Crippen molar-refractivity contribution in [2.75, 3.05) is 18.2 Å². The minimum atomic E-state index is -1.11. The van der Waals surface area contributed by atoms with E-state index in [1.807, 2.05) is 0 Å². The van der Waals surface area contributed by atoms with E-state index in [1.165, 1.54) is 12.3 Å². The van der Waals surface area contributed by atoms with Crippen LogP contribution in [-0.2, 0) is 0 Å². The predicted octanol–water partition coefficient (Wildman–Crippen LogP) is 3.64. The molecule has 1 heterocycles. The number of carboxylic acids is 1. The van der Waals surface area contributed by atoms with Gasteiger partial charge in [0.15, 0.2) is 5.82 Å². The summed E-state index contributed by atoms with van der Waals surface area (Å²) in [5, 5.41) is 12.0. The average Bonchev–Trinajstić information content (AvgIpc) is 2.43. The van der Waals surface area contributed by atoms with Crippen LogP contribution in [0.25, 0.3) is 0 Å². The summed E-state index contributed by atoms with van der Waals surface area (Å²) in [5.74, 6) is -0.223. The number of nitrogen functional groups attached to an aromatic ring is 1. The summed E-state index contributed by atoms with van der Waals surface area (Å²) in [6.45, 7) is 0. The van der Waals surface area contributed by atoms with Crippen molar-refractivity contribution in [1.82, 2.24) is 4.98 Å². The van der Waals surface area contributed by atoms with E-state index in [-0.39, 0.29) is 17.1 Å². The molecule has 0 saturated heterocycles. The van der Waals surface area contributed by atoms with Crippen LogP contribution < -0.4 is 15.8 Å². The third-order valence-electron chi connectivity index (χ3n) is 2.72. The summed E-state index contributed by atoms with van der Waals surface area (Å²) in [5.41, 5.74) is 6.53. The largest absolute Gasteiger partial charge is 0.495 e. The van der Waals surface area contributed by atoms with Crippen molar-refractivity contribution in [1.29, 1.82) is 0 Å². The number of rotatable bonds is 4. The Balaban J connectivity index is 2.43. The zero-order chi connectivity index (χ0) is 15.6. The number of carbonyl (C=O) groups is 1. The van der Waals surface area contributed by atoms with Gasteiger partial charge < -0.3 is 20.9 Å². The number of benzene rings is 1. The smallest absolute Gasteiger partial charge is 0.337 e. The molecule has 0 aliphatic rings. The van der Waals surface area contributed by atoms with Gasteiger partial charge in [-0.1, -0.05) is 0 Å². The van der Waals surface area contributed by atoms with Gasteiger partial charge in [-0.3, -0.25) is 0 Å². The number of pyridine rings is 1. The fourth-order valence-corrected chi connectivity index (χ4v) is 2.92. The van der Waals surface area contributed by atoms with Gasteiger partial charge in [0.05, 0.1) is 28.5 Å². The molecule has 0 radical (unpaired) electrons. The number of carboxylic acid groups (broad SMARTS) is 1. The van der Waals surface area contributed by atoms with Crippen molar-refractivity contribution in [3.8, 4) is 5.75 Å². The number of anilines is 3. The molecule has 0 unspecified atom stereocenters. The first-order valence-corrected chi connectivity index (χ1v) is 7.30. The second-order valence-corrected chi connectivity index (χ2v) is 5.73. The molecule has 0 saturated carbocycles. The first kappa shape index (κ1) is 15.6. The van der Waals surface area contributed by atoms with E-state index in [0.717, 1.165) is 8.95 Å². The highest BCUT2D eigenvalue weighted by atomic mass is 79.9. The van der Waals surface area contributed by atoms with Crippen molar-refractivity contribution < 1.29 is 14.6 Å². The molecule has 1 aromatic heterocycles. The van der Waals surface area contributed by atoms with Crippen LogP contribution in [0, 0.1) is 0 Å². The van der Waals surface area contributed by atoms with Gasteiger partial charge in [0, 0.05) is 16.7 Å². The van der Waals surface area contributed by atoms with Crippen LogP contribution in [0.5, 0.6) is 5.75 Å². The maximum absolute atomic E-state index is 11.1. The Morgan fingerprint density at radius 2 is 2.10 bits per heavy atom. The molecule has 0 atom stereocenters. The first-order chi connectivity index (χ1) is 9.93. The molecule has 8 heteroatoms. The van der Waals surface area contributed by atoms with Crippen molar-refractivity contribution >= 4 is 55.0 Å². The second-order valence-electron chi connectivity index (χ2n) is 4.02. The summed E-state index contributed by atoms with van der Waals surface area (Å²) in [6.07, 6.45) is 1.38. The SMILES string of the molecule is COc1cc(Nc2nccc(C(=O)O)c2N)c(Br)cc1Br. The lowest BCUT2D eigenvalue weighted by Crippen LogP contribution is -2.07. The lowest BCUT2D eigenvalue weighted by molar-refractivity contribution is 0.0698.